The fraction of sp³-hybridized carbons (Fsp3) is 1.00. The maximum Gasteiger partial charge on any atom is 0.329 e. The summed E-state index contributed by atoms with van der Waals surface area (Å²) in [5.41, 5.74) is 0. The van der Waals surface area contributed by atoms with Gasteiger partial charge in [0.25, 0.3) is 0 Å². The summed E-state index contributed by atoms with van der Waals surface area (Å²) in [6, 6.07) is 0. The van der Waals surface area contributed by atoms with Crippen LogP contribution in [0.3, 0.4) is 0 Å². The van der Waals surface area contributed by atoms with Crippen molar-refractivity contribution < 1.29 is 55.8 Å². The second-order valence-electron chi connectivity index (χ2n) is 10.4. The molecule has 0 aliphatic rings. The first-order valence-corrected chi connectivity index (χ1v) is 22.7. The van der Waals surface area contributed by atoms with Gasteiger partial charge >= 0.3 is 34.4 Å². The molecule has 0 amide bonds. The van der Waals surface area contributed by atoms with E-state index in [0.29, 0.717) is 52.9 Å². The third kappa shape index (κ3) is 64.8. The van der Waals surface area contributed by atoms with Crippen LogP contribution in [-0.4, -0.2) is 83.4 Å². The Bertz CT molecular complexity index is 417. The molecule has 0 rings (SSSR count). The van der Waals surface area contributed by atoms with Crippen molar-refractivity contribution in [3.05, 3.63) is 0 Å². The molecular weight excluding hydrogens is 728 g/mol. The predicted molar refractivity (Wildman–Crippen MR) is 215 cm³/mol. The number of unbranched alkanes of at least 4 members (excludes halogenated alkanes) is 8. The molecule has 0 heterocycles. The van der Waals surface area contributed by atoms with Gasteiger partial charge in [-0.1, -0.05) is 107 Å². The SMILES string of the molecule is CCCCOP(O)OCCCC.CCCCOP(O)OCCCC.CCCCOP(O)OCCCC.CCCCOP(O)OCCCC.[SiH4]. The second kappa shape index (κ2) is 56.2. The molecule has 49 heavy (non-hydrogen) atoms. The van der Waals surface area contributed by atoms with Crippen LogP contribution >= 0.6 is 34.4 Å². The monoisotopic (exact) mass is 808 g/mol. The molecule has 0 aromatic carbocycles. The minimum atomic E-state index is -1.60. The molecule has 17 heteroatoms. The summed E-state index contributed by atoms with van der Waals surface area (Å²) >= 11 is 0. The Morgan fingerprint density at radius 2 is 0.367 bits per heavy atom. The van der Waals surface area contributed by atoms with E-state index in [1.807, 2.05) is 0 Å². The Hall–Kier alpha value is 1.46. The highest BCUT2D eigenvalue weighted by Gasteiger charge is 2.07. The molecule has 4 N–H and O–H groups in total. The summed E-state index contributed by atoms with van der Waals surface area (Å²) in [5, 5.41) is 0. The Labute approximate surface area is 311 Å². The molecule has 0 aliphatic carbocycles. The highest BCUT2D eigenvalue weighted by atomic mass is 31.2. The van der Waals surface area contributed by atoms with E-state index < -0.39 is 34.4 Å². The molecule has 0 radical (unpaired) electrons. The molecule has 0 bridgehead atoms. The van der Waals surface area contributed by atoms with Crippen molar-refractivity contribution in [3.63, 3.8) is 0 Å². The van der Waals surface area contributed by atoms with Crippen LogP contribution in [0.4, 0.5) is 0 Å². The average Bonchev–Trinajstić information content (AvgIpc) is 3.07. The summed E-state index contributed by atoms with van der Waals surface area (Å²) in [6.45, 7) is 21.5. The van der Waals surface area contributed by atoms with Crippen molar-refractivity contribution in [3.8, 4) is 0 Å². The van der Waals surface area contributed by atoms with Crippen LogP contribution in [0, 0.1) is 0 Å². The van der Waals surface area contributed by atoms with E-state index in [2.05, 4.69) is 55.4 Å². The van der Waals surface area contributed by atoms with Crippen molar-refractivity contribution in [2.75, 3.05) is 52.9 Å². The van der Waals surface area contributed by atoms with Crippen LogP contribution in [0.5, 0.6) is 0 Å². The van der Waals surface area contributed by atoms with Crippen molar-refractivity contribution in [2.45, 2.75) is 158 Å². The maximum atomic E-state index is 9.12. The van der Waals surface area contributed by atoms with Crippen molar-refractivity contribution in [2.24, 2.45) is 0 Å². The lowest BCUT2D eigenvalue weighted by molar-refractivity contribution is 0.195. The molecular formula is C32H80O12P4Si. The molecule has 0 spiro atoms. The maximum absolute atomic E-state index is 9.12. The lowest BCUT2D eigenvalue weighted by Gasteiger charge is -2.09. The van der Waals surface area contributed by atoms with Gasteiger partial charge in [0.05, 0.1) is 52.9 Å². The minimum absolute atomic E-state index is 0. The van der Waals surface area contributed by atoms with Gasteiger partial charge in [-0.2, -0.15) is 0 Å². The summed E-state index contributed by atoms with van der Waals surface area (Å²) in [6.07, 6.45) is 16.5. The number of hydrogen-bond acceptors (Lipinski definition) is 12. The summed E-state index contributed by atoms with van der Waals surface area (Å²) in [7, 11) is -6.42. The summed E-state index contributed by atoms with van der Waals surface area (Å²) in [4.78, 5) is 36.5. The predicted octanol–water partition coefficient (Wildman–Crippen LogP) is 9.90. The highest BCUT2D eigenvalue weighted by molar-refractivity contribution is 7.41. The Kier molecular flexibility index (Phi) is 68.5. The van der Waals surface area contributed by atoms with Crippen LogP contribution < -0.4 is 0 Å². The number of hydrogen-bond donors (Lipinski definition) is 4. The van der Waals surface area contributed by atoms with E-state index in [9.17, 15) is 0 Å². The molecule has 0 aromatic heterocycles. The summed E-state index contributed by atoms with van der Waals surface area (Å²) in [5.74, 6) is 0. The summed E-state index contributed by atoms with van der Waals surface area (Å²) < 4.78 is 40.2. The topological polar surface area (TPSA) is 155 Å². The lowest BCUT2D eigenvalue weighted by atomic mass is 10.4. The lowest BCUT2D eigenvalue weighted by Crippen LogP contribution is -1.94. The van der Waals surface area contributed by atoms with Gasteiger partial charge in [0.2, 0.25) is 0 Å². The van der Waals surface area contributed by atoms with Gasteiger partial charge in [-0.05, 0) is 62.3 Å². The molecule has 0 aromatic rings. The zero-order valence-corrected chi connectivity index (χ0v) is 35.4. The average molecular weight is 809 g/mol. The van der Waals surface area contributed by atoms with E-state index in [1.54, 1.807) is 0 Å². The molecule has 0 atom stereocenters. The van der Waals surface area contributed by atoms with Gasteiger partial charge in [0.15, 0.2) is 0 Å². The smallest absolute Gasteiger partial charge is 0.328 e. The van der Waals surface area contributed by atoms with E-state index in [-0.39, 0.29) is 11.0 Å². The van der Waals surface area contributed by atoms with Crippen LogP contribution in [0.2, 0.25) is 0 Å². The number of rotatable bonds is 32. The normalized spacial score (nSPS) is 10.8. The molecule has 0 saturated carbocycles. The molecule has 12 nitrogen and oxygen atoms in total. The van der Waals surface area contributed by atoms with E-state index >= 15 is 0 Å². The van der Waals surface area contributed by atoms with Crippen LogP contribution in [0.1, 0.15) is 158 Å². The molecule has 304 valence electrons. The second-order valence-corrected chi connectivity index (χ2v) is 14.4. The van der Waals surface area contributed by atoms with Crippen molar-refractivity contribution in [1.29, 1.82) is 0 Å². The molecule has 0 unspecified atom stereocenters. The highest BCUT2D eigenvalue weighted by Crippen LogP contribution is 2.34. The molecule has 0 fully saturated rings. The van der Waals surface area contributed by atoms with Gasteiger partial charge in [-0.15, -0.1) is 0 Å². The standard InChI is InChI=1S/4C8H19O3P.H4Si/c4*1-3-5-7-10-12(9)11-8-6-4-2;/h4*9H,3-8H2,1-2H3;1H4. The fourth-order valence-corrected chi connectivity index (χ4v) is 5.03. The largest absolute Gasteiger partial charge is 0.329 e. The van der Waals surface area contributed by atoms with E-state index in [1.165, 1.54) is 0 Å². The van der Waals surface area contributed by atoms with Gasteiger partial charge in [-0.3, -0.25) is 0 Å². The minimum Gasteiger partial charge on any atom is -0.328 e. The van der Waals surface area contributed by atoms with E-state index in [0.717, 1.165) is 103 Å². The van der Waals surface area contributed by atoms with E-state index in [4.69, 9.17) is 55.8 Å². The van der Waals surface area contributed by atoms with Crippen LogP contribution in [0.15, 0.2) is 0 Å². The zero-order chi connectivity index (χ0) is 36.9. The van der Waals surface area contributed by atoms with Crippen LogP contribution in [-0.2, 0) is 36.2 Å². The van der Waals surface area contributed by atoms with Crippen LogP contribution in [0.25, 0.3) is 0 Å². The Balaban J connectivity index is -0.000000174. The van der Waals surface area contributed by atoms with Gasteiger partial charge in [-0.25, -0.2) is 0 Å². The Morgan fingerprint density at radius 1 is 0.265 bits per heavy atom. The first kappa shape index (κ1) is 59.7. The van der Waals surface area contributed by atoms with Gasteiger partial charge in [0.1, 0.15) is 0 Å². The first-order valence-electron chi connectivity index (χ1n) is 18.2. The van der Waals surface area contributed by atoms with Gasteiger partial charge < -0.3 is 55.8 Å². The third-order valence-corrected chi connectivity index (χ3v) is 8.82. The van der Waals surface area contributed by atoms with Gasteiger partial charge in [0, 0.05) is 0 Å². The Morgan fingerprint density at radius 3 is 0.449 bits per heavy atom. The molecule has 0 aliphatic heterocycles. The van der Waals surface area contributed by atoms with Crippen molar-refractivity contribution in [1.82, 2.24) is 0 Å². The van der Waals surface area contributed by atoms with Crippen molar-refractivity contribution >= 4 is 45.4 Å². The zero-order valence-electron chi connectivity index (χ0n) is 31.8. The quantitative estimate of drug-likeness (QED) is 0.0291. The third-order valence-electron chi connectivity index (χ3n) is 5.60. The first-order chi connectivity index (χ1) is 23.2. The fourth-order valence-electron chi connectivity index (χ4n) is 2.44. The molecule has 0 saturated heterocycles.